The summed E-state index contributed by atoms with van der Waals surface area (Å²) in [5, 5.41) is 0. The Kier molecular flexibility index (Phi) is 19.1. The van der Waals surface area contributed by atoms with Gasteiger partial charge in [-0.2, -0.15) is 12.2 Å². The molecule has 0 heterocycles. The summed E-state index contributed by atoms with van der Waals surface area (Å²) in [6, 6.07) is 0. The van der Waals surface area contributed by atoms with Crippen LogP contribution >= 0.6 is 0 Å². The predicted molar refractivity (Wildman–Crippen MR) is 47.8 cm³/mol. The molecule has 76 valence electrons. The molecule has 0 nitrogen and oxygen atoms in total. The number of halogens is 2. The van der Waals surface area contributed by atoms with Gasteiger partial charge in [0, 0.05) is 0 Å². The molecule has 0 amide bonds. The third-order valence-corrected chi connectivity index (χ3v) is 1.45. The molecule has 0 N–H and O–H groups in total. The molecule has 0 unspecified atom stereocenters. The second kappa shape index (κ2) is 13.4. The summed E-state index contributed by atoms with van der Waals surface area (Å²) in [6.07, 6.45) is 18.3. The molecule has 0 saturated carbocycles. The average molecular weight is 306 g/mol. The first kappa shape index (κ1) is 19.9. The zero-order chi connectivity index (χ0) is 7.94. The fourth-order valence-corrected chi connectivity index (χ4v) is 0.855. The Morgan fingerprint density at radius 2 is 1.86 bits per heavy atom. The number of rotatable bonds is 0. The Morgan fingerprint density at radius 1 is 1.14 bits per heavy atom. The Bertz CT molecular complexity index is 215. The van der Waals surface area contributed by atoms with E-state index < -0.39 is 0 Å². The maximum atomic E-state index is 3.12. The standard InChI is InChI=1S/C6H7.C5H5.2ClH.Zr/c1-6-4-2-3-5-6;1-2-4-5-3-1;;;/h2,4H,3H2,1H3;1-3H,4H2;2*1H;/q2*-1;;;+2/p-2. The minimum atomic E-state index is 0. The van der Waals surface area contributed by atoms with Gasteiger partial charge >= 0.3 is 26.2 Å². The van der Waals surface area contributed by atoms with Gasteiger partial charge in [-0.05, 0) is 0 Å². The van der Waals surface area contributed by atoms with Gasteiger partial charge in [0.2, 0.25) is 0 Å². The molecule has 0 radical (unpaired) electrons. The van der Waals surface area contributed by atoms with E-state index in [0.29, 0.717) is 0 Å². The first-order valence-electron chi connectivity index (χ1n) is 3.85. The fraction of sp³-hybridized carbons (Fsp3) is 0.273. The summed E-state index contributed by atoms with van der Waals surface area (Å²) in [7, 11) is 0. The largest absolute Gasteiger partial charge is 2.00 e. The molecule has 0 aromatic heterocycles. The number of hydrogen-bond donors (Lipinski definition) is 0. The quantitative estimate of drug-likeness (QED) is 0.419. The van der Waals surface area contributed by atoms with E-state index in [1.807, 2.05) is 12.2 Å². The summed E-state index contributed by atoms with van der Waals surface area (Å²) in [5.41, 5.74) is 1.27. The van der Waals surface area contributed by atoms with E-state index >= 15 is 0 Å². The first-order chi connectivity index (χ1) is 5.39. The van der Waals surface area contributed by atoms with Crippen LogP contribution in [0, 0.1) is 12.2 Å². The molecule has 2 aliphatic rings. The minimum Gasteiger partial charge on any atom is -1.00 e. The summed E-state index contributed by atoms with van der Waals surface area (Å²) < 4.78 is 0. The zero-order valence-corrected chi connectivity index (χ0v) is 12.0. The van der Waals surface area contributed by atoms with Crippen molar-refractivity contribution < 1.29 is 51.0 Å². The Balaban J connectivity index is -0.000000144. The number of allylic oxidation sites excluding steroid dienone is 8. The number of hydrogen-bond acceptors (Lipinski definition) is 0. The minimum absolute atomic E-state index is 0. The van der Waals surface area contributed by atoms with Crippen LogP contribution in [0.3, 0.4) is 0 Å². The van der Waals surface area contributed by atoms with Crippen molar-refractivity contribution in [1.29, 1.82) is 0 Å². The van der Waals surface area contributed by atoms with Gasteiger partial charge in [0.1, 0.15) is 0 Å². The second-order valence-corrected chi connectivity index (χ2v) is 2.47. The van der Waals surface area contributed by atoms with E-state index in [4.69, 9.17) is 0 Å². The zero-order valence-electron chi connectivity index (χ0n) is 8.06. The molecule has 0 fully saturated rings. The second-order valence-electron chi connectivity index (χ2n) is 2.47. The molecule has 2 aliphatic carbocycles. The van der Waals surface area contributed by atoms with Crippen LogP contribution in [-0.4, -0.2) is 0 Å². The molecule has 3 heteroatoms. The van der Waals surface area contributed by atoms with Gasteiger partial charge in [0.15, 0.2) is 0 Å². The summed E-state index contributed by atoms with van der Waals surface area (Å²) in [6.45, 7) is 2.06. The van der Waals surface area contributed by atoms with Crippen LogP contribution in [0.15, 0.2) is 36.0 Å². The van der Waals surface area contributed by atoms with Crippen LogP contribution < -0.4 is 24.8 Å². The third-order valence-electron chi connectivity index (χ3n) is 1.45. The van der Waals surface area contributed by atoms with Crippen LogP contribution in [0.2, 0.25) is 0 Å². The van der Waals surface area contributed by atoms with Crippen molar-refractivity contribution in [3.05, 3.63) is 48.1 Å². The van der Waals surface area contributed by atoms with E-state index in [2.05, 4.69) is 37.3 Å². The van der Waals surface area contributed by atoms with Crippen LogP contribution in [0.4, 0.5) is 0 Å². The van der Waals surface area contributed by atoms with Crippen LogP contribution in [-0.2, 0) is 26.2 Å². The van der Waals surface area contributed by atoms with Crippen LogP contribution in [0.25, 0.3) is 0 Å². The van der Waals surface area contributed by atoms with E-state index in [-0.39, 0.29) is 51.0 Å². The van der Waals surface area contributed by atoms with Gasteiger partial charge in [-0.1, -0.05) is 6.92 Å². The summed E-state index contributed by atoms with van der Waals surface area (Å²) in [4.78, 5) is 0. The normalized spacial score (nSPS) is 14.2. The fourth-order valence-electron chi connectivity index (χ4n) is 0.855. The van der Waals surface area contributed by atoms with Crippen molar-refractivity contribution in [2.75, 3.05) is 0 Å². The average Bonchev–Trinajstić information content (AvgIpc) is 2.57. The van der Waals surface area contributed by atoms with Crippen molar-refractivity contribution in [1.82, 2.24) is 0 Å². The van der Waals surface area contributed by atoms with E-state index in [1.165, 1.54) is 5.57 Å². The van der Waals surface area contributed by atoms with Crippen molar-refractivity contribution in [2.45, 2.75) is 19.8 Å². The summed E-state index contributed by atoms with van der Waals surface area (Å²) >= 11 is 0. The van der Waals surface area contributed by atoms with Crippen molar-refractivity contribution in [3.8, 4) is 0 Å². The van der Waals surface area contributed by atoms with E-state index in [0.717, 1.165) is 12.8 Å². The van der Waals surface area contributed by atoms with Gasteiger partial charge in [0.25, 0.3) is 0 Å². The molecule has 0 aliphatic heterocycles. The molecule has 14 heavy (non-hydrogen) atoms. The Labute approximate surface area is 118 Å². The van der Waals surface area contributed by atoms with Crippen molar-refractivity contribution in [3.63, 3.8) is 0 Å². The molecule has 2 rings (SSSR count). The van der Waals surface area contributed by atoms with Crippen LogP contribution in [0.1, 0.15) is 19.8 Å². The molecular formula is C11H12Cl2Zr-2. The van der Waals surface area contributed by atoms with Crippen LogP contribution in [0.5, 0.6) is 0 Å². The molecule has 0 saturated heterocycles. The van der Waals surface area contributed by atoms with Gasteiger partial charge in [-0.15, -0.1) is 12.8 Å². The van der Waals surface area contributed by atoms with Gasteiger partial charge < -0.3 is 24.8 Å². The topological polar surface area (TPSA) is 0 Å². The van der Waals surface area contributed by atoms with Crippen molar-refractivity contribution >= 4 is 0 Å². The van der Waals surface area contributed by atoms with E-state index in [1.54, 1.807) is 0 Å². The molecule has 0 spiro atoms. The first-order valence-corrected chi connectivity index (χ1v) is 3.85. The van der Waals surface area contributed by atoms with Gasteiger partial charge in [-0.3, -0.25) is 12.2 Å². The Morgan fingerprint density at radius 3 is 2.00 bits per heavy atom. The predicted octanol–water partition coefficient (Wildman–Crippen LogP) is -2.99. The molecule has 0 aromatic rings. The summed E-state index contributed by atoms with van der Waals surface area (Å²) in [5.74, 6) is 0. The monoisotopic (exact) mass is 304 g/mol. The third kappa shape index (κ3) is 10.5. The maximum Gasteiger partial charge on any atom is 2.00 e. The van der Waals surface area contributed by atoms with Gasteiger partial charge in [0.05, 0.1) is 0 Å². The van der Waals surface area contributed by atoms with E-state index in [9.17, 15) is 0 Å². The van der Waals surface area contributed by atoms with Crippen molar-refractivity contribution in [2.24, 2.45) is 0 Å². The molecular weight excluding hydrogens is 294 g/mol. The van der Waals surface area contributed by atoms with Gasteiger partial charge in [-0.25, -0.2) is 23.8 Å². The maximum absolute atomic E-state index is 3.12. The molecule has 0 aromatic carbocycles. The SMILES string of the molecule is CC1=[C-]CC=C1.[C-]1=CC=CC1.[Cl-].[Cl-].[Zr+2]. The Hall–Kier alpha value is 0.423. The smallest absolute Gasteiger partial charge is 1.00 e. The molecule has 0 bridgehead atoms. The molecule has 0 atom stereocenters.